The minimum Gasteiger partial charge on any atom is -0.497 e. The summed E-state index contributed by atoms with van der Waals surface area (Å²) in [4.78, 5) is 11.8. The summed E-state index contributed by atoms with van der Waals surface area (Å²) in [5.41, 5.74) is 0.969. The number of hydrogen-bond donors (Lipinski definition) is 2. The maximum atomic E-state index is 11.8. The van der Waals surface area contributed by atoms with Crippen molar-refractivity contribution >= 4 is 11.6 Å². The highest BCUT2D eigenvalue weighted by Crippen LogP contribution is 2.18. The Morgan fingerprint density at radius 1 is 1.37 bits per heavy atom. The van der Waals surface area contributed by atoms with Gasteiger partial charge in [0.2, 0.25) is 5.91 Å². The van der Waals surface area contributed by atoms with Gasteiger partial charge in [0.1, 0.15) is 5.75 Å². The van der Waals surface area contributed by atoms with Crippen molar-refractivity contribution in [2.75, 3.05) is 25.5 Å². The van der Waals surface area contributed by atoms with Crippen LogP contribution in [0.5, 0.6) is 5.75 Å². The molecule has 1 aromatic carbocycles. The molecule has 0 heterocycles. The first-order valence-corrected chi connectivity index (χ1v) is 6.61. The van der Waals surface area contributed by atoms with Crippen LogP contribution in [0.4, 0.5) is 5.69 Å². The SMILES string of the molecule is CCC(C)(C)CNCC(=O)Nc1cccc(OC)c1. The number of ether oxygens (including phenoxy) is 1. The van der Waals surface area contributed by atoms with E-state index in [4.69, 9.17) is 4.74 Å². The van der Waals surface area contributed by atoms with Gasteiger partial charge in [0, 0.05) is 18.3 Å². The second-order valence-electron chi connectivity index (χ2n) is 5.40. The molecular weight excluding hydrogens is 240 g/mol. The molecule has 0 radical (unpaired) electrons. The van der Waals surface area contributed by atoms with Gasteiger partial charge in [-0.3, -0.25) is 4.79 Å². The lowest BCUT2D eigenvalue weighted by Crippen LogP contribution is -2.35. The summed E-state index contributed by atoms with van der Waals surface area (Å²) in [6.07, 6.45) is 1.08. The Hall–Kier alpha value is -1.55. The largest absolute Gasteiger partial charge is 0.497 e. The van der Waals surface area contributed by atoms with E-state index in [0.29, 0.717) is 6.54 Å². The predicted octanol–water partition coefficient (Wildman–Crippen LogP) is 2.66. The molecule has 0 aromatic heterocycles. The standard InChI is InChI=1S/C15H24N2O2/c1-5-15(2,3)11-16-10-14(18)17-12-7-6-8-13(9-12)19-4/h6-9,16H,5,10-11H2,1-4H3,(H,17,18). The summed E-state index contributed by atoms with van der Waals surface area (Å²) in [5, 5.41) is 6.02. The monoisotopic (exact) mass is 264 g/mol. The second kappa shape index (κ2) is 7.14. The molecule has 0 bridgehead atoms. The van der Waals surface area contributed by atoms with Gasteiger partial charge in [0.25, 0.3) is 0 Å². The molecule has 0 unspecified atom stereocenters. The van der Waals surface area contributed by atoms with Gasteiger partial charge >= 0.3 is 0 Å². The van der Waals surface area contributed by atoms with Gasteiger partial charge in [-0.2, -0.15) is 0 Å². The maximum Gasteiger partial charge on any atom is 0.238 e. The van der Waals surface area contributed by atoms with Crippen molar-refractivity contribution in [1.82, 2.24) is 5.32 Å². The van der Waals surface area contributed by atoms with Crippen LogP contribution in [0, 0.1) is 5.41 Å². The van der Waals surface area contributed by atoms with E-state index in [9.17, 15) is 4.79 Å². The third-order valence-corrected chi connectivity index (χ3v) is 3.20. The Bertz CT molecular complexity index is 416. The van der Waals surface area contributed by atoms with E-state index in [2.05, 4.69) is 31.4 Å². The molecule has 0 atom stereocenters. The lowest BCUT2D eigenvalue weighted by Gasteiger charge is -2.22. The van der Waals surface area contributed by atoms with Crippen molar-refractivity contribution in [3.8, 4) is 5.75 Å². The normalized spacial score (nSPS) is 11.2. The van der Waals surface area contributed by atoms with E-state index in [-0.39, 0.29) is 11.3 Å². The van der Waals surface area contributed by atoms with Gasteiger partial charge in [0.05, 0.1) is 13.7 Å². The lowest BCUT2D eigenvalue weighted by atomic mass is 9.90. The van der Waals surface area contributed by atoms with E-state index in [1.165, 1.54) is 0 Å². The average Bonchev–Trinajstić information content (AvgIpc) is 2.38. The van der Waals surface area contributed by atoms with Crippen LogP contribution in [0.1, 0.15) is 27.2 Å². The van der Waals surface area contributed by atoms with Crippen LogP contribution in [-0.2, 0) is 4.79 Å². The van der Waals surface area contributed by atoms with Crippen molar-refractivity contribution in [1.29, 1.82) is 0 Å². The minimum absolute atomic E-state index is 0.0415. The molecule has 1 aromatic rings. The molecular formula is C15H24N2O2. The highest BCUT2D eigenvalue weighted by molar-refractivity contribution is 5.92. The molecule has 0 saturated heterocycles. The fourth-order valence-corrected chi connectivity index (χ4v) is 1.55. The van der Waals surface area contributed by atoms with Gasteiger partial charge < -0.3 is 15.4 Å². The van der Waals surface area contributed by atoms with Crippen molar-refractivity contribution < 1.29 is 9.53 Å². The van der Waals surface area contributed by atoms with Crippen LogP contribution in [0.15, 0.2) is 24.3 Å². The van der Waals surface area contributed by atoms with Gasteiger partial charge in [0.15, 0.2) is 0 Å². The Labute approximate surface area is 115 Å². The summed E-state index contributed by atoms with van der Waals surface area (Å²) in [5.74, 6) is 0.693. The van der Waals surface area contributed by atoms with Crippen LogP contribution in [-0.4, -0.2) is 26.1 Å². The average molecular weight is 264 g/mol. The molecule has 0 spiro atoms. The van der Waals surface area contributed by atoms with Crippen molar-refractivity contribution in [2.45, 2.75) is 27.2 Å². The number of hydrogen-bond acceptors (Lipinski definition) is 3. The highest BCUT2D eigenvalue weighted by atomic mass is 16.5. The van der Waals surface area contributed by atoms with Gasteiger partial charge in [-0.15, -0.1) is 0 Å². The Kier molecular flexibility index (Phi) is 5.83. The Morgan fingerprint density at radius 3 is 2.74 bits per heavy atom. The third kappa shape index (κ3) is 5.75. The fraction of sp³-hybridized carbons (Fsp3) is 0.533. The molecule has 4 heteroatoms. The zero-order valence-corrected chi connectivity index (χ0v) is 12.2. The molecule has 19 heavy (non-hydrogen) atoms. The van der Waals surface area contributed by atoms with Crippen LogP contribution in [0.2, 0.25) is 0 Å². The number of amides is 1. The second-order valence-corrected chi connectivity index (χ2v) is 5.40. The number of rotatable bonds is 7. The van der Waals surface area contributed by atoms with Crippen molar-refractivity contribution in [2.24, 2.45) is 5.41 Å². The van der Waals surface area contributed by atoms with E-state index < -0.39 is 0 Å². The summed E-state index contributed by atoms with van der Waals surface area (Å²) in [7, 11) is 1.61. The molecule has 0 saturated carbocycles. The van der Waals surface area contributed by atoms with Crippen molar-refractivity contribution in [3.63, 3.8) is 0 Å². The lowest BCUT2D eigenvalue weighted by molar-refractivity contribution is -0.115. The first kappa shape index (κ1) is 15.5. The Balaban J connectivity index is 2.39. The molecule has 106 valence electrons. The first-order chi connectivity index (χ1) is 8.96. The van der Waals surface area contributed by atoms with Crippen LogP contribution in [0.3, 0.4) is 0 Å². The third-order valence-electron chi connectivity index (χ3n) is 3.20. The van der Waals surface area contributed by atoms with Gasteiger partial charge in [-0.25, -0.2) is 0 Å². The number of carbonyl (C=O) groups is 1. The first-order valence-electron chi connectivity index (χ1n) is 6.61. The zero-order valence-electron chi connectivity index (χ0n) is 12.2. The quantitative estimate of drug-likeness (QED) is 0.796. The molecule has 1 rings (SSSR count). The fourth-order valence-electron chi connectivity index (χ4n) is 1.55. The van der Waals surface area contributed by atoms with Crippen LogP contribution >= 0.6 is 0 Å². The Morgan fingerprint density at radius 2 is 2.11 bits per heavy atom. The highest BCUT2D eigenvalue weighted by Gasteiger charge is 2.14. The van der Waals surface area contributed by atoms with Crippen LogP contribution < -0.4 is 15.4 Å². The molecule has 1 amide bonds. The molecule has 4 nitrogen and oxygen atoms in total. The smallest absolute Gasteiger partial charge is 0.238 e. The summed E-state index contributed by atoms with van der Waals surface area (Å²) in [6, 6.07) is 7.34. The number of anilines is 1. The molecule has 0 aliphatic rings. The van der Waals surface area contributed by atoms with Gasteiger partial charge in [-0.05, 0) is 24.0 Å². The number of benzene rings is 1. The van der Waals surface area contributed by atoms with E-state index in [0.717, 1.165) is 24.4 Å². The topological polar surface area (TPSA) is 50.4 Å². The molecule has 0 fully saturated rings. The van der Waals surface area contributed by atoms with Crippen molar-refractivity contribution in [3.05, 3.63) is 24.3 Å². The van der Waals surface area contributed by atoms with E-state index in [1.807, 2.05) is 18.2 Å². The maximum absolute atomic E-state index is 11.8. The predicted molar refractivity (Wildman–Crippen MR) is 78.6 cm³/mol. The van der Waals surface area contributed by atoms with E-state index in [1.54, 1.807) is 13.2 Å². The van der Waals surface area contributed by atoms with E-state index >= 15 is 0 Å². The molecule has 2 N–H and O–H groups in total. The molecule has 0 aliphatic carbocycles. The van der Waals surface area contributed by atoms with Gasteiger partial charge in [-0.1, -0.05) is 26.8 Å². The van der Waals surface area contributed by atoms with Crippen LogP contribution in [0.25, 0.3) is 0 Å². The number of methoxy groups -OCH3 is 1. The number of nitrogens with one attached hydrogen (secondary N) is 2. The number of carbonyl (C=O) groups excluding carboxylic acids is 1. The zero-order chi connectivity index (χ0) is 14.3. The molecule has 0 aliphatic heterocycles. The summed E-state index contributed by atoms with van der Waals surface area (Å²) < 4.78 is 5.11. The summed E-state index contributed by atoms with van der Waals surface area (Å²) >= 11 is 0. The minimum atomic E-state index is -0.0415. The summed E-state index contributed by atoms with van der Waals surface area (Å²) in [6.45, 7) is 7.66.